The minimum absolute atomic E-state index is 0.392. The van der Waals surface area contributed by atoms with E-state index < -0.39 is 23.3 Å². The van der Waals surface area contributed by atoms with Gasteiger partial charge in [0.2, 0.25) is 11.8 Å². The molecule has 0 aromatic carbocycles. The highest BCUT2D eigenvalue weighted by molar-refractivity contribution is 6.19. The fraction of sp³-hybridized carbons (Fsp3) is 0.833. The Labute approximate surface area is 161 Å². The molecule has 2 heterocycles. The van der Waals surface area contributed by atoms with Crippen LogP contribution in [-0.2, 0) is 9.59 Å². The summed E-state index contributed by atoms with van der Waals surface area (Å²) in [6.45, 7) is 10.5. The summed E-state index contributed by atoms with van der Waals surface area (Å²) < 4.78 is 0. The maximum absolute atomic E-state index is 12.3. The van der Waals surface area contributed by atoms with Crippen LogP contribution in [0, 0.1) is 5.41 Å². The topological polar surface area (TPSA) is 115 Å². The highest BCUT2D eigenvalue weighted by Crippen LogP contribution is 2.31. The van der Waals surface area contributed by atoms with Crippen LogP contribution in [0.25, 0.3) is 0 Å². The zero-order valence-corrected chi connectivity index (χ0v) is 16.4. The van der Waals surface area contributed by atoms with Crippen LogP contribution >= 0.6 is 0 Å². The van der Waals surface area contributed by atoms with Crippen molar-refractivity contribution in [3.63, 3.8) is 0 Å². The standard InChI is InChI=1S/C18H34N6O3/c1-2-18(15(25)22-17(27)23-16(18)26)5-3-4-12-24-13-10-20-8-6-19-7-9-21-11-14-24/h19-21H,2-14H2,1H3,(H2,22,23,25,26,27). The molecule has 154 valence electrons. The number of hydrogen-bond donors (Lipinski definition) is 5. The number of hydrogen-bond acceptors (Lipinski definition) is 7. The molecular formula is C18H34N6O3. The molecule has 2 fully saturated rings. The molecule has 5 N–H and O–H groups in total. The lowest BCUT2D eigenvalue weighted by molar-refractivity contribution is -0.145. The Kier molecular flexibility index (Phi) is 9.12. The molecule has 0 saturated carbocycles. The van der Waals surface area contributed by atoms with Gasteiger partial charge < -0.3 is 20.9 Å². The van der Waals surface area contributed by atoms with Gasteiger partial charge in [0, 0.05) is 52.4 Å². The van der Waals surface area contributed by atoms with Crippen molar-refractivity contribution in [2.45, 2.75) is 32.6 Å². The molecule has 0 unspecified atom stereocenters. The van der Waals surface area contributed by atoms with Gasteiger partial charge in [-0.25, -0.2) is 4.79 Å². The zero-order valence-electron chi connectivity index (χ0n) is 16.4. The van der Waals surface area contributed by atoms with Crippen molar-refractivity contribution in [2.75, 3.05) is 58.9 Å². The van der Waals surface area contributed by atoms with Gasteiger partial charge in [0.05, 0.1) is 0 Å². The first-order valence-electron chi connectivity index (χ1n) is 10.1. The van der Waals surface area contributed by atoms with Gasteiger partial charge in [-0.15, -0.1) is 0 Å². The molecule has 27 heavy (non-hydrogen) atoms. The van der Waals surface area contributed by atoms with E-state index >= 15 is 0 Å². The van der Waals surface area contributed by atoms with Gasteiger partial charge >= 0.3 is 6.03 Å². The fourth-order valence-corrected chi connectivity index (χ4v) is 3.61. The van der Waals surface area contributed by atoms with Crippen molar-refractivity contribution in [3.8, 4) is 0 Å². The molecule has 0 atom stereocenters. The Hall–Kier alpha value is -1.55. The number of barbiturate groups is 1. The van der Waals surface area contributed by atoms with E-state index in [-0.39, 0.29) is 0 Å². The van der Waals surface area contributed by atoms with Gasteiger partial charge in [0.25, 0.3) is 0 Å². The van der Waals surface area contributed by atoms with Gasteiger partial charge in [0.1, 0.15) is 5.41 Å². The van der Waals surface area contributed by atoms with E-state index in [4.69, 9.17) is 0 Å². The van der Waals surface area contributed by atoms with Gasteiger partial charge in [-0.3, -0.25) is 20.2 Å². The second kappa shape index (κ2) is 11.3. The van der Waals surface area contributed by atoms with E-state index in [1.807, 2.05) is 6.92 Å². The first-order chi connectivity index (χ1) is 13.1. The van der Waals surface area contributed by atoms with Crippen molar-refractivity contribution >= 4 is 17.8 Å². The summed E-state index contributed by atoms with van der Waals surface area (Å²) >= 11 is 0. The van der Waals surface area contributed by atoms with Crippen LogP contribution in [-0.4, -0.2) is 81.6 Å². The van der Waals surface area contributed by atoms with Gasteiger partial charge in [-0.1, -0.05) is 13.3 Å². The van der Waals surface area contributed by atoms with Crippen molar-refractivity contribution in [1.29, 1.82) is 0 Å². The first kappa shape index (κ1) is 21.7. The number of imide groups is 2. The third kappa shape index (κ3) is 6.53. The lowest BCUT2D eigenvalue weighted by Gasteiger charge is -2.33. The molecule has 2 rings (SSSR count). The lowest BCUT2D eigenvalue weighted by Crippen LogP contribution is -2.62. The van der Waals surface area contributed by atoms with Crippen molar-refractivity contribution < 1.29 is 14.4 Å². The molecule has 9 heteroatoms. The zero-order chi connectivity index (χ0) is 19.5. The van der Waals surface area contributed by atoms with E-state index in [1.165, 1.54) is 0 Å². The smallest absolute Gasteiger partial charge is 0.314 e. The van der Waals surface area contributed by atoms with Crippen LogP contribution in [0.15, 0.2) is 0 Å². The highest BCUT2D eigenvalue weighted by Gasteiger charge is 2.48. The molecule has 0 radical (unpaired) electrons. The maximum atomic E-state index is 12.3. The molecule has 0 aromatic rings. The summed E-state index contributed by atoms with van der Waals surface area (Å²) in [7, 11) is 0. The van der Waals surface area contributed by atoms with Crippen molar-refractivity contribution in [3.05, 3.63) is 0 Å². The van der Waals surface area contributed by atoms with E-state index in [0.717, 1.165) is 71.7 Å². The van der Waals surface area contributed by atoms with Crippen LogP contribution in [0.3, 0.4) is 0 Å². The van der Waals surface area contributed by atoms with E-state index in [9.17, 15) is 14.4 Å². The van der Waals surface area contributed by atoms with Crippen LogP contribution in [0.1, 0.15) is 32.6 Å². The Balaban J connectivity index is 1.77. The Morgan fingerprint density at radius 1 is 0.815 bits per heavy atom. The fourth-order valence-electron chi connectivity index (χ4n) is 3.61. The summed E-state index contributed by atoms with van der Waals surface area (Å²) in [5.74, 6) is -0.931. The number of nitrogens with zero attached hydrogens (tertiary/aromatic N) is 1. The van der Waals surface area contributed by atoms with Crippen LogP contribution < -0.4 is 26.6 Å². The SMILES string of the molecule is CCC1(CCCCN2CCNCCNCCNCC2)C(=O)NC(=O)NC1=O. The molecule has 4 amide bonds. The van der Waals surface area contributed by atoms with Gasteiger partial charge in [-0.05, 0) is 25.8 Å². The third-order valence-corrected chi connectivity index (χ3v) is 5.42. The van der Waals surface area contributed by atoms with Crippen LogP contribution in [0.2, 0.25) is 0 Å². The maximum Gasteiger partial charge on any atom is 0.328 e. The van der Waals surface area contributed by atoms with E-state index in [2.05, 4.69) is 31.5 Å². The number of amides is 4. The average Bonchev–Trinajstić information content (AvgIpc) is 2.62. The number of carbonyl (C=O) groups is 3. The number of urea groups is 1. The number of nitrogens with one attached hydrogen (secondary N) is 5. The number of unbranched alkanes of at least 4 members (excludes halogenated alkanes) is 1. The monoisotopic (exact) mass is 382 g/mol. The first-order valence-corrected chi connectivity index (χ1v) is 10.1. The number of carbonyl (C=O) groups excluding carboxylic acids is 3. The number of rotatable bonds is 6. The molecule has 2 aliphatic heterocycles. The van der Waals surface area contributed by atoms with Gasteiger partial charge in [-0.2, -0.15) is 0 Å². The van der Waals surface area contributed by atoms with Crippen molar-refractivity contribution in [2.24, 2.45) is 5.41 Å². The summed E-state index contributed by atoms with van der Waals surface area (Å²) in [5.41, 5.74) is -1.12. The Bertz CT molecular complexity index is 481. The van der Waals surface area contributed by atoms with Crippen LogP contribution in [0.4, 0.5) is 4.79 Å². The molecule has 0 bridgehead atoms. The normalized spacial score (nSPS) is 23.1. The predicted molar refractivity (Wildman–Crippen MR) is 103 cm³/mol. The summed E-state index contributed by atoms with van der Waals surface area (Å²) in [4.78, 5) is 38.2. The predicted octanol–water partition coefficient (Wildman–Crippen LogP) is -0.996. The minimum Gasteiger partial charge on any atom is -0.314 e. The Morgan fingerprint density at radius 2 is 1.33 bits per heavy atom. The molecule has 2 saturated heterocycles. The summed E-state index contributed by atoms with van der Waals surface area (Å²) in [5, 5.41) is 14.7. The molecule has 2 aliphatic rings. The largest absolute Gasteiger partial charge is 0.328 e. The van der Waals surface area contributed by atoms with E-state index in [0.29, 0.717) is 12.8 Å². The summed E-state index contributed by atoms with van der Waals surface area (Å²) in [6.07, 6.45) is 2.54. The average molecular weight is 383 g/mol. The quantitative estimate of drug-likeness (QED) is 0.296. The second-order valence-corrected chi connectivity index (χ2v) is 7.22. The summed E-state index contributed by atoms with van der Waals surface area (Å²) in [6, 6.07) is -0.719. The van der Waals surface area contributed by atoms with E-state index in [1.54, 1.807) is 0 Å². The third-order valence-electron chi connectivity index (χ3n) is 5.42. The lowest BCUT2D eigenvalue weighted by atomic mass is 9.77. The highest BCUT2D eigenvalue weighted by atomic mass is 16.2. The molecule has 9 nitrogen and oxygen atoms in total. The molecular weight excluding hydrogens is 348 g/mol. The minimum atomic E-state index is -1.12. The molecule has 0 spiro atoms. The molecule has 0 aromatic heterocycles. The second-order valence-electron chi connectivity index (χ2n) is 7.22. The molecule has 0 aliphatic carbocycles. The van der Waals surface area contributed by atoms with Crippen molar-refractivity contribution in [1.82, 2.24) is 31.5 Å². The Morgan fingerprint density at radius 3 is 1.85 bits per heavy atom. The van der Waals surface area contributed by atoms with Gasteiger partial charge in [0.15, 0.2) is 0 Å². The van der Waals surface area contributed by atoms with Crippen LogP contribution in [0.5, 0.6) is 0 Å².